The van der Waals surface area contributed by atoms with E-state index in [0.29, 0.717) is 4.96 Å². The van der Waals surface area contributed by atoms with Crippen molar-refractivity contribution in [3.05, 3.63) is 68.1 Å². The van der Waals surface area contributed by atoms with Gasteiger partial charge in [-0.15, -0.1) is 11.3 Å². The van der Waals surface area contributed by atoms with Crippen molar-refractivity contribution in [2.75, 3.05) is 0 Å². The van der Waals surface area contributed by atoms with Gasteiger partial charge in [0.05, 0.1) is 0 Å². The second-order valence-corrected chi connectivity index (χ2v) is 7.78. The number of nitrogens with zero attached hydrogens (tertiary/aromatic N) is 3. The van der Waals surface area contributed by atoms with Gasteiger partial charge in [0.1, 0.15) is 11.6 Å². The van der Waals surface area contributed by atoms with Crippen LogP contribution in [0.15, 0.2) is 35.3 Å². The number of aryl methyl sites for hydroxylation is 2. The molecule has 3 heterocycles. The van der Waals surface area contributed by atoms with Gasteiger partial charge in [0.2, 0.25) is 0 Å². The predicted octanol–water partition coefficient (Wildman–Crippen LogP) is 2.02. The molecule has 1 atom stereocenters. The lowest BCUT2D eigenvalue weighted by Gasteiger charge is -2.34. The van der Waals surface area contributed by atoms with E-state index in [4.69, 9.17) is 0 Å². The number of rotatable bonds is 2. The Morgan fingerprint density at radius 2 is 1.93 bits per heavy atom. The quantitative estimate of drug-likeness (QED) is 0.731. The van der Waals surface area contributed by atoms with Gasteiger partial charge in [0, 0.05) is 29.7 Å². The van der Waals surface area contributed by atoms with E-state index >= 15 is 0 Å². The van der Waals surface area contributed by atoms with Crippen LogP contribution in [-0.4, -0.2) is 37.3 Å². The average molecular weight is 383 g/mol. The van der Waals surface area contributed by atoms with E-state index in [1.165, 1.54) is 26.8 Å². The predicted molar refractivity (Wildman–Crippen MR) is 100 cm³/mol. The molecule has 0 radical (unpaired) electrons. The molecule has 8 heteroatoms. The van der Waals surface area contributed by atoms with Crippen LogP contribution in [0.3, 0.4) is 0 Å². The maximum Gasteiger partial charge on any atom is 0.326 e. The van der Waals surface area contributed by atoms with E-state index in [1.54, 1.807) is 6.92 Å². The fraction of sp³-hybridized carbons (Fsp3) is 0.263. The highest BCUT2D eigenvalue weighted by Gasteiger charge is 2.36. The molecule has 0 bridgehead atoms. The van der Waals surface area contributed by atoms with Crippen LogP contribution < -0.4 is 5.56 Å². The fourth-order valence-electron chi connectivity index (χ4n) is 3.43. The first kappa shape index (κ1) is 17.4. The summed E-state index contributed by atoms with van der Waals surface area (Å²) in [4.78, 5) is 44.8. The van der Waals surface area contributed by atoms with Gasteiger partial charge in [0.25, 0.3) is 11.5 Å². The minimum atomic E-state index is -1.09. The zero-order valence-corrected chi connectivity index (χ0v) is 15.6. The molecule has 1 amide bonds. The Labute approximate surface area is 158 Å². The minimum absolute atomic E-state index is 0.112. The van der Waals surface area contributed by atoms with Crippen LogP contribution in [-0.2, 0) is 17.8 Å². The smallest absolute Gasteiger partial charge is 0.326 e. The van der Waals surface area contributed by atoms with E-state index in [9.17, 15) is 19.5 Å². The zero-order valence-electron chi connectivity index (χ0n) is 14.8. The summed E-state index contributed by atoms with van der Waals surface area (Å²) in [6.07, 6.45) is 1.47. The van der Waals surface area contributed by atoms with Gasteiger partial charge in [-0.3, -0.25) is 14.0 Å². The summed E-state index contributed by atoms with van der Waals surface area (Å²) in [7, 11) is 0. The first-order valence-corrected chi connectivity index (χ1v) is 9.28. The molecular formula is C19H17N3O4S. The van der Waals surface area contributed by atoms with Crippen LogP contribution in [0, 0.1) is 13.8 Å². The van der Waals surface area contributed by atoms with Crippen molar-refractivity contribution < 1.29 is 14.7 Å². The number of carbonyl (C=O) groups is 2. The minimum Gasteiger partial charge on any atom is -0.480 e. The van der Waals surface area contributed by atoms with Crippen LogP contribution in [0.1, 0.15) is 32.1 Å². The highest BCUT2D eigenvalue weighted by molar-refractivity contribution is 7.17. The number of hydrogen-bond donors (Lipinski definition) is 1. The van der Waals surface area contributed by atoms with Crippen molar-refractivity contribution >= 4 is 28.2 Å². The first-order valence-electron chi connectivity index (χ1n) is 8.46. The Hall–Kier alpha value is -3.00. The van der Waals surface area contributed by atoms with Gasteiger partial charge in [-0.05, 0) is 25.0 Å². The number of benzene rings is 1. The summed E-state index contributed by atoms with van der Waals surface area (Å²) in [5.41, 5.74) is 1.96. The summed E-state index contributed by atoms with van der Waals surface area (Å²) >= 11 is 1.38. The SMILES string of the molecule is Cc1sc2ncc(C(=O)N3Cc4ccccc4CC3C(=O)O)c(=O)n2c1C. The Morgan fingerprint density at radius 3 is 2.63 bits per heavy atom. The number of thiazole rings is 1. The molecular weight excluding hydrogens is 366 g/mol. The number of carboxylic acids is 1. The summed E-state index contributed by atoms with van der Waals surface area (Å²) in [5, 5.41) is 9.63. The van der Waals surface area contributed by atoms with Crippen LogP contribution in [0.25, 0.3) is 4.96 Å². The normalized spacial score (nSPS) is 16.4. The molecule has 4 rings (SSSR count). The van der Waals surface area contributed by atoms with Crippen molar-refractivity contribution in [3.63, 3.8) is 0 Å². The second kappa shape index (κ2) is 6.31. The van der Waals surface area contributed by atoms with E-state index < -0.39 is 23.5 Å². The Bertz CT molecular complexity index is 1150. The van der Waals surface area contributed by atoms with Crippen molar-refractivity contribution in [2.45, 2.75) is 32.9 Å². The molecule has 7 nitrogen and oxygen atoms in total. The molecule has 138 valence electrons. The summed E-state index contributed by atoms with van der Waals surface area (Å²) in [6, 6.07) is 6.42. The van der Waals surface area contributed by atoms with Crippen molar-refractivity contribution in [1.29, 1.82) is 0 Å². The summed E-state index contributed by atoms with van der Waals surface area (Å²) in [5.74, 6) is -1.69. The van der Waals surface area contributed by atoms with Gasteiger partial charge in [-0.1, -0.05) is 24.3 Å². The molecule has 1 aliphatic rings. The molecule has 2 aromatic heterocycles. The molecule has 1 N–H and O–H groups in total. The highest BCUT2D eigenvalue weighted by Crippen LogP contribution is 2.25. The molecule has 0 spiro atoms. The number of fused-ring (bicyclic) bond motifs is 2. The molecule has 1 aliphatic heterocycles. The number of carboxylic acid groups (broad SMARTS) is 1. The number of carbonyl (C=O) groups excluding carboxylic acids is 1. The van der Waals surface area contributed by atoms with Crippen LogP contribution in [0.5, 0.6) is 0 Å². The maximum absolute atomic E-state index is 13.1. The number of amides is 1. The Balaban J connectivity index is 1.81. The first-order chi connectivity index (χ1) is 12.9. The van der Waals surface area contributed by atoms with Crippen molar-refractivity contribution in [1.82, 2.24) is 14.3 Å². The second-order valence-electron chi connectivity index (χ2n) is 6.60. The third-order valence-electron chi connectivity index (χ3n) is 5.04. The van der Waals surface area contributed by atoms with Gasteiger partial charge in [-0.25, -0.2) is 9.78 Å². The Kier molecular flexibility index (Phi) is 4.07. The molecule has 0 aliphatic carbocycles. The van der Waals surface area contributed by atoms with Crippen molar-refractivity contribution in [3.8, 4) is 0 Å². The Morgan fingerprint density at radius 1 is 1.22 bits per heavy atom. The highest BCUT2D eigenvalue weighted by atomic mass is 32.1. The van der Waals surface area contributed by atoms with Crippen LogP contribution >= 0.6 is 11.3 Å². The fourth-order valence-corrected chi connectivity index (χ4v) is 4.36. The monoisotopic (exact) mass is 383 g/mol. The zero-order chi connectivity index (χ0) is 19.3. The third kappa shape index (κ3) is 2.73. The molecule has 3 aromatic rings. The topological polar surface area (TPSA) is 92.0 Å². The van der Waals surface area contributed by atoms with Gasteiger partial charge >= 0.3 is 5.97 Å². The molecule has 0 saturated carbocycles. The van der Waals surface area contributed by atoms with Gasteiger partial charge < -0.3 is 10.0 Å². The van der Waals surface area contributed by atoms with Gasteiger partial charge in [-0.2, -0.15) is 0 Å². The van der Waals surface area contributed by atoms with E-state index in [0.717, 1.165) is 21.7 Å². The standard InChI is InChI=1S/C19H17N3O4S/c1-10-11(2)27-19-20-8-14(17(24)22(10)19)16(23)21-9-13-6-4-3-5-12(13)7-15(21)18(25)26/h3-6,8,15H,7,9H2,1-2H3,(H,25,26). The number of aliphatic carboxylic acids is 1. The molecule has 0 fully saturated rings. The van der Waals surface area contributed by atoms with E-state index in [1.807, 2.05) is 31.2 Å². The molecule has 1 unspecified atom stereocenters. The third-order valence-corrected chi connectivity index (χ3v) is 6.12. The lowest BCUT2D eigenvalue weighted by molar-refractivity contribution is -0.142. The average Bonchev–Trinajstić information content (AvgIpc) is 2.95. The summed E-state index contributed by atoms with van der Waals surface area (Å²) in [6.45, 7) is 3.83. The maximum atomic E-state index is 13.1. The lowest BCUT2D eigenvalue weighted by Crippen LogP contribution is -2.49. The number of hydrogen-bond acceptors (Lipinski definition) is 5. The summed E-state index contributed by atoms with van der Waals surface area (Å²) < 4.78 is 1.42. The lowest BCUT2D eigenvalue weighted by atomic mass is 9.93. The van der Waals surface area contributed by atoms with Crippen LogP contribution in [0.2, 0.25) is 0 Å². The van der Waals surface area contributed by atoms with E-state index in [-0.39, 0.29) is 18.5 Å². The number of aromatic nitrogens is 2. The molecule has 0 saturated heterocycles. The van der Waals surface area contributed by atoms with Gasteiger partial charge in [0.15, 0.2) is 4.96 Å². The van der Waals surface area contributed by atoms with Crippen molar-refractivity contribution in [2.24, 2.45) is 0 Å². The molecule has 27 heavy (non-hydrogen) atoms. The van der Waals surface area contributed by atoms with E-state index in [2.05, 4.69) is 4.98 Å². The largest absolute Gasteiger partial charge is 0.480 e. The van der Waals surface area contributed by atoms with Crippen LogP contribution in [0.4, 0.5) is 0 Å². The molecule has 1 aromatic carbocycles.